The van der Waals surface area contributed by atoms with E-state index in [2.05, 4.69) is 86.3 Å². The fourth-order valence-corrected chi connectivity index (χ4v) is 9.78. The van der Waals surface area contributed by atoms with Crippen LogP contribution in [-0.2, 0) is 25.4 Å². The molecule has 3 aliphatic carbocycles. The summed E-state index contributed by atoms with van der Waals surface area (Å²) in [6, 6.07) is 14.5. The molecule has 0 N–H and O–H groups in total. The van der Waals surface area contributed by atoms with Crippen LogP contribution < -0.4 is 0 Å². The van der Waals surface area contributed by atoms with Gasteiger partial charge in [-0.25, -0.2) is 0 Å². The second-order valence-electron chi connectivity index (χ2n) is 15.6. The third-order valence-electron chi connectivity index (χ3n) is 11.8. The number of halogens is 1. The van der Waals surface area contributed by atoms with Crippen molar-refractivity contribution in [2.24, 2.45) is 35.0 Å². The summed E-state index contributed by atoms with van der Waals surface area (Å²) in [5.74, 6) is 1.54. The highest BCUT2D eigenvalue weighted by molar-refractivity contribution is 9.10. The number of carbonyl (C=O) groups is 2. The van der Waals surface area contributed by atoms with Crippen LogP contribution in [-0.4, -0.2) is 52.5 Å². The first-order chi connectivity index (χ1) is 20.9. The average Bonchev–Trinajstić information content (AvgIpc) is 3.47. The number of piperidine rings is 1. The van der Waals surface area contributed by atoms with Crippen LogP contribution in [0.1, 0.15) is 73.6 Å². The van der Waals surface area contributed by atoms with Gasteiger partial charge in [0, 0.05) is 39.6 Å². The lowest BCUT2D eigenvalue weighted by Crippen LogP contribution is -2.65. The molecule has 5 fully saturated rings. The van der Waals surface area contributed by atoms with Gasteiger partial charge in [-0.2, -0.15) is 0 Å². The van der Waals surface area contributed by atoms with Gasteiger partial charge in [-0.15, -0.1) is 0 Å². The van der Waals surface area contributed by atoms with Crippen molar-refractivity contribution in [2.75, 3.05) is 6.54 Å². The molecule has 8 rings (SSSR count). The van der Waals surface area contributed by atoms with Gasteiger partial charge in [0.15, 0.2) is 5.78 Å². The predicted octanol–water partition coefficient (Wildman–Crippen LogP) is 7.68. The van der Waals surface area contributed by atoms with Crippen LogP contribution in [0.5, 0.6) is 0 Å². The molecular weight excluding hydrogens is 615 g/mol. The van der Waals surface area contributed by atoms with E-state index in [4.69, 9.17) is 9.31 Å². The molecule has 1 aromatic heterocycles. The largest absolute Gasteiger partial charge is 0.481 e. The van der Waals surface area contributed by atoms with Crippen molar-refractivity contribution >= 4 is 56.5 Å². The molecule has 2 bridgehead atoms. The van der Waals surface area contributed by atoms with Gasteiger partial charge < -0.3 is 18.8 Å². The number of Topliss-reactive ketones (excluding diaryl/α,β-unsaturated/α-hetero) is 1. The maximum atomic E-state index is 14.3. The maximum absolute atomic E-state index is 14.3. The Labute approximate surface area is 270 Å². The number of amides is 1. The Morgan fingerprint density at radius 1 is 1.07 bits per heavy atom. The summed E-state index contributed by atoms with van der Waals surface area (Å²) in [7, 11) is -0.427. The number of hydrogen-bond acceptors (Lipinski definition) is 4. The van der Waals surface area contributed by atoms with Gasteiger partial charge in [0.1, 0.15) is 0 Å². The van der Waals surface area contributed by atoms with E-state index in [0.29, 0.717) is 30.2 Å². The number of nitrogens with zero attached hydrogens (tertiary/aromatic N) is 2. The zero-order valence-corrected chi connectivity index (χ0v) is 28.6. The molecule has 3 heterocycles. The summed E-state index contributed by atoms with van der Waals surface area (Å²) in [6.07, 6.45) is 4.13. The molecule has 8 heteroatoms. The van der Waals surface area contributed by atoms with Crippen molar-refractivity contribution in [3.8, 4) is 0 Å². The van der Waals surface area contributed by atoms with Gasteiger partial charge in [-0.3, -0.25) is 9.59 Å². The topological polar surface area (TPSA) is 60.8 Å². The van der Waals surface area contributed by atoms with Crippen LogP contribution in [0.4, 0.5) is 0 Å². The summed E-state index contributed by atoms with van der Waals surface area (Å²) in [4.78, 5) is 30.1. The number of rotatable bonds is 8. The number of aromatic nitrogens is 1. The number of para-hydroxylation sites is 1. The van der Waals surface area contributed by atoms with Gasteiger partial charge in [0.2, 0.25) is 5.91 Å². The molecule has 2 saturated heterocycles. The first-order valence-corrected chi connectivity index (χ1v) is 17.5. The molecule has 0 radical (unpaired) electrons. The molecular formula is C36H46BBrN2O4. The van der Waals surface area contributed by atoms with E-state index in [9.17, 15) is 9.59 Å². The minimum Gasteiger partial charge on any atom is -0.404 e. The van der Waals surface area contributed by atoms with Gasteiger partial charge in [0.05, 0.1) is 29.7 Å². The van der Waals surface area contributed by atoms with E-state index in [1.807, 2.05) is 23.1 Å². The highest BCUT2D eigenvalue weighted by Crippen LogP contribution is 2.66. The van der Waals surface area contributed by atoms with Crippen molar-refractivity contribution in [1.29, 1.82) is 0 Å². The zero-order valence-electron chi connectivity index (χ0n) is 27.0. The standard InChI is InChI=1S/C36H46BBrN2O4/c1-21(2)13-33(37-43-32-17-24-16-31(35(24,4)5)36(32,6)44-37)40-19-22(3)14-23(34(40)42)15-26(41)20-39-29-10-8-7-9-27(29)28-12-11-25(38)18-30(28)39/h7-12,18,21-24,31-33H,13-17,19-20H2,1-6H3/t22?,23-,24+,31+,32-,33+,36+/m1/s1. The summed E-state index contributed by atoms with van der Waals surface area (Å²) in [5, 5.41) is 2.27. The molecule has 234 valence electrons. The van der Waals surface area contributed by atoms with E-state index in [-0.39, 0.29) is 53.6 Å². The van der Waals surface area contributed by atoms with Crippen LogP contribution in [0.3, 0.4) is 0 Å². The Hall–Kier alpha value is -2.16. The molecule has 0 spiro atoms. The minimum atomic E-state index is -0.427. The van der Waals surface area contributed by atoms with Crippen molar-refractivity contribution in [3.05, 3.63) is 46.9 Å². The number of fused-ring (bicyclic) bond motifs is 3. The summed E-state index contributed by atoms with van der Waals surface area (Å²) >= 11 is 3.61. The van der Waals surface area contributed by atoms with Crippen molar-refractivity contribution in [3.63, 3.8) is 0 Å². The lowest BCUT2D eigenvalue weighted by atomic mass is 9.43. The molecule has 5 aliphatic rings. The van der Waals surface area contributed by atoms with Crippen LogP contribution in [0.2, 0.25) is 0 Å². The van der Waals surface area contributed by atoms with E-state index in [1.165, 1.54) is 6.42 Å². The van der Waals surface area contributed by atoms with E-state index < -0.39 is 7.12 Å². The van der Waals surface area contributed by atoms with E-state index >= 15 is 0 Å². The summed E-state index contributed by atoms with van der Waals surface area (Å²) in [5.41, 5.74) is 2.03. The lowest BCUT2D eigenvalue weighted by molar-refractivity contribution is -0.199. The highest BCUT2D eigenvalue weighted by atomic mass is 79.9. The molecule has 1 unspecified atom stereocenters. The van der Waals surface area contributed by atoms with Gasteiger partial charge in [0.25, 0.3) is 0 Å². The Morgan fingerprint density at radius 2 is 1.82 bits per heavy atom. The molecule has 6 nitrogen and oxygen atoms in total. The Kier molecular flexibility index (Phi) is 7.61. The first-order valence-electron chi connectivity index (χ1n) is 16.7. The van der Waals surface area contributed by atoms with Crippen LogP contribution in [0.25, 0.3) is 21.8 Å². The smallest absolute Gasteiger partial charge is 0.404 e. The second-order valence-corrected chi connectivity index (χ2v) is 16.5. The fourth-order valence-electron chi connectivity index (χ4n) is 9.43. The molecule has 2 aliphatic heterocycles. The number of benzene rings is 2. The molecule has 2 aromatic carbocycles. The second kappa shape index (κ2) is 11.0. The lowest BCUT2D eigenvalue weighted by Gasteiger charge is -2.64. The quantitative estimate of drug-likeness (QED) is 0.233. The number of hydrogen-bond donors (Lipinski definition) is 0. The van der Waals surface area contributed by atoms with Gasteiger partial charge >= 0.3 is 7.12 Å². The first kappa shape index (κ1) is 30.5. The maximum Gasteiger partial charge on any atom is 0.481 e. The third-order valence-corrected chi connectivity index (χ3v) is 12.3. The van der Waals surface area contributed by atoms with Crippen LogP contribution >= 0.6 is 15.9 Å². The predicted molar refractivity (Wildman–Crippen MR) is 179 cm³/mol. The number of ketones is 1. The van der Waals surface area contributed by atoms with Gasteiger partial charge in [-0.05, 0) is 79.9 Å². The molecule has 1 amide bonds. The van der Waals surface area contributed by atoms with Gasteiger partial charge in [-0.1, -0.05) is 74.8 Å². The van der Waals surface area contributed by atoms with Crippen LogP contribution in [0, 0.1) is 35.0 Å². The molecule has 3 saturated carbocycles. The van der Waals surface area contributed by atoms with E-state index in [0.717, 1.165) is 45.5 Å². The zero-order chi connectivity index (χ0) is 31.1. The SMILES string of the molecule is CC(C)C[C@@H](B1O[C@@H]2C[C@@H]3C[C@@H](C3(C)C)[C@]2(C)O1)N1CC(C)C[C@H](CC(=O)Cn2c3ccccc3c3ccc(Br)cc32)C1=O. The average molecular weight is 661 g/mol. The summed E-state index contributed by atoms with van der Waals surface area (Å²) < 4.78 is 16.8. The van der Waals surface area contributed by atoms with Crippen molar-refractivity contribution < 1.29 is 18.9 Å². The van der Waals surface area contributed by atoms with Crippen molar-refractivity contribution in [1.82, 2.24) is 9.47 Å². The fraction of sp³-hybridized carbons (Fsp3) is 0.611. The van der Waals surface area contributed by atoms with E-state index in [1.54, 1.807) is 0 Å². The monoisotopic (exact) mass is 660 g/mol. The number of likely N-dealkylation sites (tertiary alicyclic amines) is 1. The number of carbonyl (C=O) groups excluding carboxylic acids is 2. The van der Waals surface area contributed by atoms with Crippen molar-refractivity contribution in [2.45, 2.75) is 97.8 Å². The molecule has 7 atom stereocenters. The Bertz CT molecular complexity index is 1620. The Balaban J connectivity index is 1.12. The Morgan fingerprint density at radius 3 is 2.57 bits per heavy atom. The summed E-state index contributed by atoms with van der Waals surface area (Å²) in [6.45, 7) is 14.6. The highest BCUT2D eigenvalue weighted by Gasteiger charge is 2.69. The molecule has 3 aromatic rings. The molecule has 44 heavy (non-hydrogen) atoms. The third kappa shape index (κ3) is 4.89. The van der Waals surface area contributed by atoms with Crippen LogP contribution in [0.15, 0.2) is 46.9 Å². The normalized spacial score (nSPS) is 31.9. The minimum absolute atomic E-state index is 0.0832.